The molecule has 3 aromatic rings. The third-order valence-corrected chi connectivity index (χ3v) is 3.61. The van der Waals surface area contributed by atoms with Crippen molar-refractivity contribution in [2.45, 2.75) is 6.92 Å². The van der Waals surface area contributed by atoms with Crippen molar-refractivity contribution in [2.75, 3.05) is 6.61 Å². The van der Waals surface area contributed by atoms with E-state index in [4.69, 9.17) is 4.74 Å². The topological polar surface area (TPSA) is 22.1 Å². The van der Waals surface area contributed by atoms with E-state index in [0.29, 0.717) is 6.61 Å². The number of aromatic nitrogens is 1. The molecule has 3 rings (SSSR count). The number of rotatable bonds is 3. The van der Waals surface area contributed by atoms with Crippen LogP contribution >= 0.6 is 11.5 Å². The van der Waals surface area contributed by atoms with Gasteiger partial charge in [0, 0.05) is 11.5 Å². The van der Waals surface area contributed by atoms with E-state index >= 15 is 0 Å². The largest absolute Gasteiger partial charge is 0.483 e. The Kier molecular flexibility index (Phi) is 2.99. The molecule has 0 saturated carbocycles. The molecular formula is C15H13NOS. The maximum Gasteiger partial charge on any atom is 0.201 e. The van der Waals surface area contributed by atoms with Crippen molar-refractivity contribution >= 4 is 22.3 Å². The lowest BCUT2D eigenvalue weighted by Crippen LogP contribution is -1.90. The van der Waals surface area contributed by atoms with Gasteiger partial charge in [-0.3, -0.25) is 0 Å². The predicted octanol–water partition coefficient (Wildman–Crippen LogP) is 4.36. The zero-order valence-corrected chi connectivity index (χ0v) is 10.9. The summed E-state index contributed by atoms with van der Waals surface area (Å²) in [5, 5.41) is 3.37. The van der Waals surface area contributed by atoms with Gasteiger partial charge in [0.2, 0.25) is 5.06 Å². The fraction of sp³-hybridized carbons (Fsp3) is 0.133. The van der Waals surface area contributed by atoms with Crippen molar-refractivity contribution in [3.05, 3.63) is 48.7 Å². The molecule has 0 radical (unpaired) electrons. The smallest absolute Gasteiger partial charge is 0.201 e. The number of ether oxygens (including phenoxy) is 1. The van der Waals surface area contributed by atoms with E-state index in [1.807, 2.05) is 13.1 Å². The monoisotopic (exact) mass is 255 g/mol. The molecular weight excluding hydrogens is 242 g/mol. The number of benzene rings is 2. The molecule has 0 saturated heterocycles. The highest BCUT2D eigenvalue weighted by molar-refractivity contribution is 7.08. The van der Waals surface area contributed by atoms with Gasteiger partial charge in [0.15, 0.2) is 0 Å². The first kappa shape index (κ1) is 11.2. The highest BCUT2D eigenvalue weighted by atomic mass is 32.1. The van der Waals surface area contributed by atoms with E-state index < -0.39 is 0 Å². The summed E-state index contributed by atoms with van der Waals surface area (Å²) in [4.78, 5) is 0. The minimum absolute atomic E-state index is 0.667. The summed E-state index contributed by atoms with van der Waals surface area (Å²) in [7, 11) is 0. The van der Waals surface area contributed by atoms with Crippen LogP contribution in [0, 0.1) is 0 Å². The second kappa shape index (κ2) is 4.78. The van der Waals surface area contributed by atoms with Gasteiger partial charge in [0.1, 0.15) is 0 Å². The highest BCUT2D eigenvalue weighted by Gasteiger charge is 2.11. The Morgan fingerprint density at radius 2 is 1.89 bits per heavy atom. The van der Waals surface area contributed by atoms with Crippen LogP contribution in [0.5, 0.6) is 5.06 Å². The predicted molar refractivity (Wildman–Crippen MR) is 76.2 cm³/mol. The van der Waals surface area contributed by atoms with Crippen molar-refractivity contribution in [1.82, 2.24) is 4.37 Å². The lowest BCUT2D eigenvalue weighted by atomic mass is 10.0. The van der Waals surface area contributed by atoms with Crippen molar-refractivity contribution in [2.24, 2.45) is 0 Å². The minimum Gasteiger partial charge on any atom is -0.483 e. The van der Waals surface area contributed by atoms with Gasteiger partial charge in [0.05, 0.1) is 18.4 Å². The van der Waals surface area contributed by atoms with Gasteiger partial charge in [-0.25, -0.2) is 0 Å². The van der Waals surface area contributed by atoms with Crippen LogP contribution < -0.4 is 4.74 Å². The molecule has 0 unspecified atom stereocenters. The summed E-state index contributed by atoms with van der Waals surface area (Å²) in [6.07, 6.45) is 1.89. The number of hydrogen-bond acceptors (Lipinski definition) is 3. The minimum atomic E-state index is 0.667. The van der Waals surface area contributed by atoms with Crippen LogP contribution in [-0.4, -0.2) is 11.0 Å². The van der Waals surface area contributed by atoms with Crippen molar-refractivity contribution < 1.29 is 4.74 Å². The molecule has 0 atom stereocenters. The molecule has 1 heterocycles. The molecule has 0 aliphatic carbocycles. The SMILES string of the molecule is CCOc1sncc1-c1cccc2ccccc12. The third kappa shape index (κ3) is 1.87. The molecule has 3 heteroatoms. The maximum atomic E-state index is 5.64. The quantitative estimate of drug-likeness (QED) is 0.693. The van der Waals surface area contributed by atoms with Crippen LogP contribution in [0.25, 0.3) is 21.9 Å². The van der Waals surface area contributed by atoms with Gasteiger partial charge in [-0.2, -0.15) is 4.37 Å². The van der Waals surface area contributed by atoms with Crippen LogP contribution in [0.3, 0.4) is 0 Å². The van der Waals surface area contributed by atoms with E-state index in [9.17, 15) is 0 Å². The van der Waals surface area contributed by atoms with Gasteiger partial charge in [0.25, 0.3) is 0 Å². The standard InChI is InChI=1S/C15H13NOS/c1-2-17-15-14(10-16-18-15)13-9-5-7-11-6-3-4-8-12(11)13/h3-10H,2H2,1H3. The highest BCUT2D eigenvalue weighted by Crippen LogP contribution is 2.37. The van der Waals surface area contributed by atoms with E-state index in [1.54, 1.807) is 0 Å². The Labute approximate surface area is 110 Å². The molecule has 0 bridgehead atoms. The zero-order valence-electron chi connectivity index (χ0n) is 10.1. The van der Waals surface area contributed by atoms with Crippen molar-refractivity contribution in [1.29, 1.82) is 0 Å². The van der Waals surface area contributed by atoms with Gasteiger partial charge in [-0.05, 0) is 23.3 Å². The molecule has 0 fully saturated rings. The van der Waals surface area contributed by atoms with Gasteiger partial charge in [-0.15, -0.1) is 0 Å². The molecule has 0 aliphatic rings. The lowest BCUT2D eigenvalue weighted by Gasteiger charge is -2.07. The van der Waals surface area contributed by atoms with E-state index in [1.165, 1.54) is 27.9 Å². The molecule has 1 aromatic heterocycles. The Bertz CT molecular complexity index is 670. The van der Waals surface area contributed by atoms with E-state index in [0.717, 1.165) is 10.6 Å². The summed E-state index contributed by atoms with van der Waals surface area (Å²) in [6.45, 7) is 2.66. The number of hydrogen-bond donors (Lipinski definition) is 0. The van der Waals surface area contributed by atoms with Gasteiger partial charge in [-0.1, -0.05) is 42.5 Å². The zero-order chi connectivity index (χ0) is 12.4. The first-order valence-electron chi connectivity index (χ1n) is 5.95. The number of nitrogens with zero attached hydrogens (tertiary/aromatic N) is 1. The number of fused-ring (bicyclic) bond motifs is 1. The van der Waals surface area contributed by atoms with Crippen LogP contribution in [-0.2, 0) is 0 Å². The lowest BCUT2D eigenvalue weighted by molar-refractivity contribution is 0.351. The van der Waals surface area contributed by atoms with Gasteiger partial charge < -0.3 is 4.74 Å². The fourth-order valence-corrected chi connectivity index (χ4v) is 2.79. The van der Waals surface area contributed by atoms with Crippen LogP contribution in [0.4, 0.5) is 0 Å². The van der Waals surface area contributed by atoms with Crippen LogP contribution in [0.2, 0.25) is 0 Å². The normalized spacial score (nSPS) is 10.7. The summed E-state index contributed by atoms with van der Waals surface area (Å²) >= 11 is 1.41. The molecule has 0 amide bonds. The first-order valence-corrected chi connectivity index (χ1v) is 6.73. The Hall–Kier alpha value is -1.87. The summed E-state index contributed by atoms with van der Waals surface area (Å²) in [5.41, 5.74) is 2.27. The molecule has 90 valence electrons. The molecule has 18 heavy (non-hydrogen) atoms. The molecule has 0 N–H and O–H groups in total. The second-order valence-electron chi connectivity index (χ2n) is 3.99. The average Bonchev–Trinajstić information content (AvgIpc) is 2.87. The van der Waals surface area contributed by atoms with Crippen LogP contribution in [0.1, 0.15) is 6.92 Å². The second-order valence-corrected chi connectivity index (χ2v) is 4.75. The van der Waals surface area contributed by atoms with Gasteiger partial charge >= 0.3 is 0 Å². The molecule has 0 aliphatic heterocycles. The first-order chi connectivity index (χ1) is 8.90. The van der Waals surface area contributed by atoms with Crippen molar-refractivity contribution in [3.8, 4) is 16.2 Å². The fourth-order valence-electron chi connectivity index (χ4n) is 2.10. The molecule has 2 nitrogen and oxygen atoms in total. The third-order valence-electron chi connectivity index (χ3n) is 2.89. The van der Waals surface area contributed by atoms with E-state index in [2.05, 4.69) is 46.8 Å². The maximum absolute atomic E-state index is 5.64. The molecule has 2 aromatic carbocycles. The summed E-state index contributed by atoms with van der Waals surface area (Å²) in [6, 6.07) is 14.7. The summed E-state index contributed by atoms with van der Waals surface area (Å²) in [5.74, 6) is 0. The molecule has 0 spiro atoms. The Morgan fingerprint density at radius 1 is 1.06 bits per heavy atom. The van der Waals surface area contributed by atoms with Crippen LogP contribution in [0.15, 0.2) is 48.7 Å². The Morgan fingerprint density at radius 3 is 2.78 bits per heavy atom. The van der Waals surface area contributed by atoms with E-state index in [-0.39, 0.29) is 0 Å². The Balaban J connectivity index is 2.22. The van der Waals surface area contributed by atoms with Crippen molar-refractivity contribution in [3.63, 3.8) is 0 Å². The summed E-state index contributed by atoms with van der Waals surface area (Å²) < 4.78 is 9.88. The average molecular weight is 255 g/mol.